The highest BCUT2D eigenvalue weighted by atomic mass is 16.1. The van der Waals surface area contributed by atoms with Crippen LogP contribution in [0.4, 0.5) is 0 Å². The zero-order valence-corrected chi connectivity index (χ0v) is 8.68. The first kappa shape index (κ1) is 7.39. The van der Waals surface area contributed by atoms with E-state index in [-0.39, 0.29) is 5.78 Å². The first-order valence-corrected chi connectivity index (χ1v) is 5.27. The smallest absolute Gasteiger partial charge is 0.193 e. The number of fused-ring (bicyclic) bond motifs is 2. The fraction of sp³-hybridized carbons (Fsp3) is 0.133. The summed E-state index contributed by atoms with van der Waals surface area (Å²) in [6.45, 7) is 0. The summed E-state index contributed by atoms with van der Waals surface area (Å²) in [5.74, 6) is -0.0757. The van der Waals surface area contributed by atoms with E-state index in [9.17, 15) is 4.79 Å². The van der Waals surface area contributed by atoms with Crippen LogP contribution in [0.1, 0.15) is 29.8 Å². The van der Waals surface area contributed by atoms with Crippen LogP contribution >= 0.6 is 0 Å². The second-order valence-corrected chi connectivity index (χ2v) is 3.84. The number of rotatable bonds is 0. The van der Waals surface area contributed by atoms with E-state index < -0.39 is 12.8 Å². The van der Waals surface area contributed by atoms with Gasteiger partial charge in [0.15, 0.2) is 5.78 Å². The maximum atomic E-state index is 12.5. The Morgan fingerprint density at radius 1 is 0.812 bits per heavy atom. The van der Waals surface area contributed by atoms with Crippen molar-refractivity contribution in [1.82, 2.24) is 0 Å². The standard InChI is InChI=1S/C15H12O/c16-15-13-7-3-1-5-11(13)9-10-12-6-2-4-8-14(12)15/h1-8H,9-10H2/i9D,10D. The monoisotopic (exact) mass is 210 g/mol. The molecule has 0 aromatic heterocycles. The Morgan fingerprint density at radius 3 is 1.75 bits per heavy atom. The van der Waals surface area contributed by atoms with Gasteiger partial charge in [0.1, 0.15) is 0 Å². The van der Waals surface area contributed by atoms with Crippen LogP contribution in [0.25, 0.3) is 0 Å². The molecule has 1 aliphatic carbocycles. The fourth-order valence-electron chi connectivity index (χ4n) is 2.02. The van der Waals surface area contributed by atoms with Gasteiger partial charge in [0.25, 0.3) is 0 Å². The molecule has 2 aromatic carbocycles. The molecule has 0 heterocycles. The first-order valence-electron chi connectivity index (χ1n) is 6.42. The lowest BCUT2D eigenvalue weighted by atomic mass is 9.99. The van der Waals surface area contributed by atoms with Crippen molar-refractivity contribution in [3.8, 4) is 0 Å². The van der Waals surface area contributed by atoms with E-state index in [2.05, 4.69) is 0 Å². The van der Waals surface area contributed by atoms with Crippen LogP contribution in [-0.4, -0.2) is 5.78 Å². The number of benzene rings is 2. The molecule has 2 unspecified atom stereocenters. The van der Waals surface area contributed by atoms with E-state index in [1.54, 1.807) is 36.4 Å². The van der Waals surface area contributed by atoms with Crippen molar-refractivity contribution in [3.05, 3.63) is 70.8 Å². The van der Waals surface area contributed by atoms with Crippen molar-refractivity contribution < 1.29 is 7.54 Å². The largest absolute Gasteiger partial charge is 0.289 e. The van der Waals surface area contributed by atoms with Crippen LogP contribution in [-0.2, 0) is 12.8 Å². The molecular formula is C15H12O. The molecule has 1 aliphatic rings. The second kappa shape index (κ2) is 3.60. The molecule has 0 spiro atoms. The van der Waals surface area contributed by atoms with Gasteiger partial charge in [0.05, 0.1) is 0 Å². The topological polar surface area (TPSA) is 17.1 Å². The van der Waals surface area contributed by atoms with E-state index in [1.807, 2.05) is 12.1 Å². The summed E-state index contributed by atoms with van der Waals surface area (Å²) < 4.78 is 16.4. The molecule has 78 valence electrons. The van der Waals surface area contributed by atoms with Gasteiger partial charge >= 0.3 is 0 Å². The zero-order chi connectivity index (χ0) is 12.7. The van der Waals surface area contributed by atoms with Gasteiger partial charge in [-0.3, -0.25) is 4.79 Å². The number of hydrogen-bond donors (Lipinski definition) is 0. The molecule has 0 N–H and O–H groups in total. The van der Waals surface area contributed by atoms with E-state index in [1.165, 1.54) is 0 Å². The van der Waals surface area contributed by atoms with Crippen molar-refractivity contribution in [2.24, 2.45) is 0 Å². The summed E-state index contributed by atoms with van der Waals surface area (Å²) >= 11 is 0. The molecule has 0 radical (unpaired) electrons. The maximum Gasteiger partial charge on any atom is 0.193 e. The van der Waals surface area contributed by atoms with Gasteiger partial charge in [-0.15, -0.1) is 0 Å². The highest BCUT2D eigenvalue weighted by Crippen LogP contribution is 2.23. The van der Waals surface area contributed by atoms with E-state index in [0.29, 0.717) is 22.3 Å². The highest BCUT2D eigenvalue weighted by molar-refractivity contribution is 6.11. The normalized spacial score (nSPS) is 24.9. The van der Waals surface area contributed by atoms with Gasteiger partial charge in [0, 0.05) is 13.9 Å². The molecule has 2 aromatic rings. The van der Waals surface area contributed by atoms with Gasteiger partial charge < -0.3 is 0 Å². The molecule has 0 saturated heterocycles. The lowest BCUT2D eigenvalue weighted by Crippen LogP contribution is -2.03. The molecule has 2 atom stereocenters. The third kappa shape index (κ3) is 1.36. The number of ketones is 1. The van der Waals surface area contributed by atoms with E-state index in [4.69, 9.17) is 2.74 Å². The third-order valence-corrected chi connectivity index (χ3v) is 2.85. The lowest BCUT2D eigenvalue weighted by Gasteiger charge is -2.03. The van der Waals surface area contributed by atoms with Gasteiger partial charge in [-0.1, -0.05) is 48.5 Å². The maximum absolute atomic E-state index is 12.5. The van der Waals surface area contributed by atoms with Crippen molar-refractivity contribution in [3.63, 3.8) is 0 Å². The molecule has 0 aliphatic heterocycles. The minimum absolute atomic E-state index is 0.0757. The Bertz CT molecular complexity index is 568. The number of aryl methyl sites for hydroxylation is 2. The van der Waals surface area contributed by atoms with E-state index >= 15 is 0 Å². The quantitative estimate of drug-likeness (QED) is 0.653. The Labute approximate surface area is 97.5 Å². The van der Waals surface area contributed by atoms with Crippen molar-refractivity contribution in [2.45, 2.75) is 12.8 Å². The summed E-state index contributed by atoms with van der Waals surface area (Å²) in [4.78, 5) is 12.5. The predicted molar refractivity (Wildman–Crippen MR) is 63.7 cm³/mol. The predicted octanol–water partition coefficient (Wildman–Crippen LogP) is 3.02. The van der Waals surface area contributed by atoms with Gasteiger partial charge in [-0.25, -0.2) is 0 Å². The van der Waals surface area contributed by atoms with Crippen LogP contribution in [0, 0.1) is 0 Å². The Kier molecular flexibility index (Phi) is 1.66. The highest BCUT2D eigenvalue weighted by Gasteiger charge is 2.19. The zero-order valence-electron chi connectivity index (χ0n) is 10.7. The SMILES string of the molecule is [2H]C1c2ccccc2C(=O)c2ccccc2C1[2H]. The Balaban J connectivity index is 2.31. The first-order chi connectivity index (χ1) is 8.70. The van der Waals surface area contributed by atoms with Crippen LogP contribution < -0.4 is 0 Å². The molecule has 0 amide bonds. The summed E-state index contributed by atoms with van der Waals surface area (Å²) in [6, 6.07) is 14.3. The molecule has 0 bridgehead atoms. The Morgan fingerprint density at radius 2 is 1.25 bits per heavy atom. The lowest BCUT2D eigenvalue weighted by molar-refractivity contribution is 0.103. The molecule has 0 saturated carbocycles. The average Bonchev–Trinajstić information content (AvgIpc) is 2.51. The molecular weight excluding hydrogens is 196 g/mol. The van der Waals surface area contributed by atoms with Gasteiger partial charge in [0.2, 0.25) is 0 Å². The van der Waals surface area contributed by atoms with Crippen LogP contribution in [0.3, 0.4) is 0 Å². The van der Waals surface area contributed by atoms with Crippen molar-refractivity contribution >= 4 is 5.78 Å². The van der Waals surface area contributed by atoms with Crippen LogP contribution in [0.15, 0.2) is 48.5 Å². The molecule has 1 nitrogen and oxygen atoms in total. The number of carbonyl (C=O) groups is 1. The third-order valence-electron chi connectivity index (χ3n) is 2.85. The number of hydrogen-bond acceptors (Lipinski definition) is 1. The van der Waals surface area contributed by atoms with Crippen LogP contribution in [0.5, 0.6) is 0 Å². The van der Waals surface area contributed by atoms with Crippen molar-refractivity contribution in [2.75, 3.05) is 0 Å². The fourth-order valence-corrected chi connectivity index (χ4v) is 2.02. The summed E-state index contributed by atoms with van der Waals surface area (Å²) in [6.07, 6.45) is -1.43. The molecule has 16 heavy (non-hydrogen) atoms. The number of carbonyl (C=O) groups excluding carboxylic acids is 1. The second-order valence-electron chi connectivity index (χ2n) is 3.84. The minimum Gasteiger partial charge on any atom is -0.289 e. The van der Waals surface area contributed by atoms with Crippen LogP contribution in [0.2, 0.25) is 0 Å². The van der Waals surface area contributed by atoms with Crippen molar-refractivity contribution in [1.29, 1.82) is 0 Å². The Hall–Kier alpha value is -1.89. The molecule has 0 fully saturated rings. The van der Waals surface area contributed by atoms with Gasteiger partial charge in [-0.2, -0.15) is 0 Å². The summed E-state index contributed by atoms with van der Waals surface area (Å²) in [5, 5.41) is 0. The minimum atomic E-state index is -0.714. The average molecular weight is 210 g/mol. The molecule has 1 heteroatoms. The molecule has 3 rings (SSSR count). The van der Waals surface area contributed by atoms with Gasteiger partial charge in [-0.05, 0) is 23.9 Å². The summed E-state index contributed by atoms with van der Waals surface area (Å²) in [7, 11) is 0. The summed E-state index contributed by atoms with van der Waals surface area (Å²) in [5.41, 5.74) is 2.41. The van der Waals surface area contributed by atoms with E-state index in [0.717, 1.165) is 0 Å².